The molecule has 1 saturated heterocycles. The van der Waals surface area contributed by atoms with Crippen molar-refractivity contribution in [2.75, 3.05) is 93.4 Å². The fraction of sp³-hybridized carbons (Fsp3) is 0.490. The molecule has 6 fully saturated rings. The van der Waals surface area contributed by atoms with Gasteiger partial charge in [-0.15, -0.1) is 0 Å². The van der Waals surface area contributed by atoms with Gasteiger partial charge in [-0.05, 0) is 259 Å². The second kappa shape index (κ2) is 43.5. The largest absolute Gasteiger partial charge is 0.481 e. The molecule has 6 aliphatic rings. The quantitative estimate of drug-likeness (QED) is 0.0183. The zero-order valence-corrected chi connectivity index (χ0v) is 75.7. The summed E-state index contributed by atoms with van der Waals surface area (Å²) >= 11 is 12.1. The highest BCUT2D eigenvalue weighted by Crippen LogP contribution is 2.51. The Morgan fingerprint density at radius 3 is 1.42 bits per heavy atom. The summed E-state index contributed by atoms with van der Waals surface area (Å²) in [4.78, 5) is 65.8. The third kappa shape index (κ3) is 24.4. The van der Waals surface area contributed by atoms with Gasteiger partial charge < -0.3 is 70.8 Å². The van der Waals surface area contributed by atoms with Crippen LogP contribution in [0.25, 0.3) is 0 Å². The number of halogens is 3. The lowest BCUT2D eigenvalue weighted by Crippen LogP contribution is -2.43. The Labute approximate surface area is 742 Å². The molecule has 0 spiro atoms. The number of carboxylic acid groups (broad SMARTS) is 4. The molecule has 24 heteroatoms. The van der Waals surface area contributed by atoms with E-state index in [9.17, 15) is 44.0 Å². The molecule has 2 heterocycles. The molecule has 8 N–H and O–H groups in total. The molecular formula is C100H128Cl2FN11O10. The fourth-order valence-electron chi connectivity index (χ4n) is 17.6. The van der Waals surface area contributed by atoms with Crippen molar-refractivity contribution < 1.29 is 53.5 Å². The van der Waals surface area contributed by atoms with Crippen LogP contribution < -0.4 is 45.6 Å². The predicted octanol–water partition coefficient (Wildman–Crippen LogP) is 23.6. The molecule has 0 unspecified atom stereocenters. The maximum atomic E-state index is 14.1. The lowest BCUT2D eigenvalue weighted by Gasteiger charge is -2.41. The SMILES string of the molecule is CC(C)CN(CC(C)C)c1ccc(C2(C(=O)O)CCC2)cc1Nc1ccc(Cl)c(F)c1.CC(C)CN(c1ccc(C2(C(=O)O)CCC2)cc1Nc1cccc(Cl)c1)C1CCOCC1.CC(C)CN(c1ccc(CC(=O)O)cc1Nc1ccc(C#N)cc1)C1CCCCC1.CCOc1ncc(Nc2cc(C3(C(=O)O)CCC3)ccc2N(CC2CC2)C(C)C)cn1. The fourth-order valence-corrected chi connectivity index (χ4v) is 17.9. The lowest BCUT2D eigenvalue weighted by molar-refractivity contribution is -0.148. The van der Waals surface area contributed by atoms with E-state index in [1.54, 1.807) is 30.6 Å². The Morgan fingerprint density at radius 2 is 0.968 bits per heavy atom. The summed E-state index contributed by atoms with van der Waals surface area (Å²) < 4.78 is 25.0. The average molecular weight is 1730 g/mol. The minimum Gasteiger partial charge on any atom is -0.481 e. The third-order valence-corrected chi connectivity index (χ3v) is 25.2. The maximum absolute atomic E-state index is 14.1. The van der Waals surface area contributed by atoms with Gasteiger partial charge in [0, 0.05) is 86.1 Å². The summed E-state index contributed by atoms with van der Waals surface area (Å²) in [5.74, 6) is -0.912. The molecule has 14 rings (SSSR count). The average Bonchev–Trinajstić information content (AvgIpc) is 1.23. The molecule has 21 nitrogen and oxygen atoms in total. The van der Waals surface area contributed by atoms with Gasteiger partial charge >= 0.3 is 29.9 Å². The van der Waals surface area contributed by atoms with Gasteiger partial charge in [0.15, 0.2) is 0 Å². The van der Waals surface area contributed by atoms with Gasteiger partial charge in [0.05, 0.1) is 110 Å². The first-order chi connectivity index (χ1) is 59.4. The highest BCUT2D eigenvalue weighted by atomic mass is 35.5. The van der Waals surface area contributed by atoms with E-state index in [0.29, 0.717) is 109 Å². The maximum Gasteiger partial charge on any atom is 0.316 e. The third-order valence-electron chi connectivity index (χ3n) is 24.7. The number of ether oxygens (including phenoxy) is 2. The van der Waals surface area contributed by atoms with Crippen molar-refractivity contribution in [2.45, 2.75) is 233 Å². The van der Waals surface area contributed by atoms with Gasteiger partial charge in [0.1, 0.15) is 5.82 Å². The van der Waals surface area contributed by atoms with Crippen LogP contribution >= 0.6 is 23.2 Å². The number of nitrogens with one attached hydrogen (secondary N) is 4. The van der Waals surface area contributed by atoms with Crippen LogP contribution in [0, 0.1) is 46.7 Å². The van der Waals surface area contributed by atoms with Gasteiger partial charge in [-0.2, -0.15) is 5.26 Å². The first-order valence-electron chi connectivity index (χ1n) is 44.7. The molecule has 8 aromatic rings. The summed E-state index contributed by atoms with van der Waals surface area (Å²) in [7, 11) is 0. The summed E-state index contributed by atoms with van der Waals surface area (Å²) in [5.41, 5.74) is 12.5. The number of rotatable bonds is 35. The van der Waals surface area contributed by atoms with E-state index in [2.05, 4.69) is 150 Å². The van der Waals surface area contributed by atoms with Crippen LogP contribution in [0.2, 0.25) is 10.0 Å². The van der Waals surface area contributed by atoms with E-state index in [1.807, 2.05) is 91.9 Å². The summed E-state index contributed by atoms with van der Waals surface area (Å²) in [5, 5.41) is 62.7. The Balaban J connectivity index is 0.000000161. The molecule has 1 aromatic heterocycles. The molecule has 0 bridgehead atoms. The Hall–Kier alpha value is -10.3. The summed E-state index contributed by atoms with van der Waals surface area (Å²) in [6, 6.07) is 47.5. The van der Waals surface area contributed by atoms with Gasteiger partial charge in [-0.1, -0.05) is 147 Å². The Morgan fingerprint density at radius 1 is 0.516 bits per heavy atom. The van der Waals surface area contributed by atoms with Crippen molar-refractivity contribution in [1.29, 1.82) is 5.26 Å². The minimum atomic E-state index is -0.835. The number of carbonyl (C=O) groups is 4. The van der Waals surface area contributed by atoms with Gasteiger partial charge in [-0.3, -0.25) is 19.2 Å². The Kier molecular flexibility index (Phi) is 33.1. The molecular weight excluding hydrogens is 1610 g/mol. The summed E-state index contributed by atoms with van der Waals surface area (Å²) in [6.07, 6.45) is 21.0. The first kappa shape index (κ1) is 94.3. The van der Waals surface area contributed by atoms with Crippen molar-refractivity contribution in [1.82, 2.24) is 9.97 Å². The van der Waals surface area contributed by atoms with Crippen LogP contribution in [0.5, 0.6) is 6.01 Å². The van der Waals surface area contributed by atoms with E-state index in [-0.39, 0.29) is 11.4 Å². The Bertz CT molecular complexity index is 4930. The molecule has 5 aliphatic carbocycles. The number of anilines is 12. The van der Waals surface area contributed by atoms with Crippen molar-refractivity contribution in [3.05, 3.63) is 196 Å². The van der Waals surface area contributed by atoms with E-state index >= 15 is 0 Å². The number of benzene rings is 7. The van der Waals surface area contributed by atoms with Crippen LogP contribution in [0.4, 0.5) is 72.6 Å². The lowest BCUT2D eigenvalue weighted by atomic mass is 9.64. The van der Waals surface area contributed by atoms with E-state index < -0.39 is 45.9 Å². The number of aliphatic carboxylic acids is 4. The van der Waals surface area contributed by atoms with Crippen LogP contribution in [0.1, 0.15) is 220 Å². The molecule has 0 amide bonds. The smallest absolute Gasteiger partial charge is 0.316 e. The number of nitrogens with zero attached hydrogens (tertiary/aromatic N) is 7. The molecule has 664 valence electrons. The van der Waals surface area contributed by atoms with Crippen molar-refractivity contribution in [3.8, 4) is 12.1 Å². The second-order valence-electron chi connectivity index (χ2n) is 36.5. The van der Waals surface area contributed by atoms with Gasteiger partial charge in [0.25, 0.3) is 0 Å². The molecule has 0 atom stereocenters. The van der Waals surface area contributed by atoms with E-state index in [4.69, 9.17) is 37.9 Å². The predicted molar refractivity (Wildman–Crippen MR) is 499 cm³/mol. The minimum absolute atomic E-state index is 0.00403. The number of carboxylic acids is 4. The van der Waals surface area contributed by atoms with Crippen molar-refractivity contribution in [2.24, 2.45) is 29.6 Å². The van der Waals surface area contributed by atoms with Crippen molar-refractivity contribution in [3.63, 3.8) is 0 Å². The highest BCUT2D eigenvalue weighted by Gasteiger charge is 2.49. The molecule has 5 saturated carbocycles. The van der Waals surface area contributed by atoms with Gasteiger partial charge in [0.2, 0.25) is 0 Å². The zero-order chi connectivity index (χ0) is 89.0. The van der Waals surface area contributed by atoms with E-state index in [0.717, 1.165) is 169 Å². The van der Waals surface area contributed by atoms with Crippen LogP contribution in [0.15, 0.2) is 152 Å². The van der Waals surface area contributed by atoms with E-state index in [1.165, 1.54) is 57.1 Å². The molecule has 1 aliphatic heterocycles. The monoisotopic (exact) mass is 1730 g/mol. The van der Waals surface area contributed by atoms with Crippen LogP contribution in [-0.2, 0) is 46.6 Å². The number of aromatic nitrogens is 2. The van der Waals surface area contributed by atoms with Crippen molar-refractivity contribution >= 4 is 115 Å². The normalized spacial score (nSPS) is 16.2. The zero-order valence-electron chi connectivity index (χ0n) is 74.1. The van der Waals surface area contributed by atoms with Crippen LogP contribution in [-0.4, -0.2) is 125 Å². The standard InChI is InChI=1S/C26H33ClN2O3.C25H32ClFN2O2.C25H31N3O2.C24H32N4O3/c1-18(2)17-29(22-9-13-32-14-10-22)24-8-7-19(26(25(30)31)11-4-12-26)15-23(24)28-21-6-3-5-20(27)16-21;1-16(2)14-29(15-17(3)4)23-9-6-18(25(24(30)31)10-5-11-25)12-22(23)28-19-7-8-20(26)21(27)13-19;1-18(2)17-28(22-6-4-3-5-7-22)24-13-10-20(15-25(29)30)14-23(24)27-21-11-8-19(16-26)9-12-21;1-4-31-23-25-13-19(14-26-23)27-20-12-18(24(22(29)30)10-5-11-24)8-9-21(20)28(16(2)3)15-17-6-7-17/h3,5-8,15-16,18,22,28H,4,9-14,17H2,1-2H3,(H,30,31);6-9,12-13,16-17,28H,5,10-11,14-15H2,1-4H3,(H,30,31);8-14,18,22,27H,3-7,15,17H2,1-2H3,(H,29,30);8-9,12-14,16-17,27H,4-7,10-11,15H2,1-3H3,(H,29,30). The molecule has 0 radical (unpaired) electrons. The topological polar surface area (TPSA) is 278 Å². The summed E-state index contributed by atoms with van der Waals surface area (Å²) in [6.45, 7) is 30.6. The van der Waals surface area contributed by atoms with Gasteiger partial charge in [-0.25, -0.2) is 14.4 Å². The first-order valence-corrected chi connectivity index (χ1v) is 45.5. The number of nitriles is 1. The second-order valence-corrected chi connectivity index (χ2v) is 37.3. The highest BCUT2D eigenvalue weighted by molar-refractivity contribution is 6.31. The molecule has 7 aromatic carbocycles. The number of hydrogen-bond acceptors (Lipinski definition) is 17. The molecule has 124 heavy (non-hydrogen) atoms. The number of hydrogen-bond donors (Lipinski definition) is 8. The van der Waals surface area contributed by atoms with Crippen LogP contribution in [0.3, 0.4) is 0 Å².